The second kappa shape index (κ2) is 4.40. The van der Waals surface area contributed by atoms with Gasteiger partial charge in [0.25, 0.3) is 0 Å². The Bertz CT molecular complexity index is 329. The molecule has 0 aromatic carbocycles. The average molecular weight is 219 g/mol. The Morgan fingerprint density at radius 1 is 1.31 bits per heavy atom. The van der Waals surface area contributed by atoms with Crippen molar-refractivity contribution in [2.75, 3.05) is 18.0 Å². The van der Waals surface area contributed by atoms with E-state index in [-0.39, 0.29) is 0 Å². The molecule has 1 aliphatic heterocycles. The van der Waals surface area contributed by atoms with Crippen molar-refractivity contribution in [3.8, 4) is 0 Å². The van der Waals surface area contributed by atoms with E-state index < -0.39 is 0 Å². The van der Waals surface area contributed by atoms with Gasteiger partial charge in [0.15, 0.2) is 0 Å². The summed E-state index contributed by atoms with van der Waals surface area (Å²) in [5.41, 5.74) is 0.390. The lowest BCUT2D eigenvalue weighted by atomic mass is 9.76. The molecule has 1 aliphatic rings. The van der Waals surface area contributed by atoms with E-state index >= 15 is 0 Å². The normalized spacial score (nSPS) is 22.2. The van der Waals surface area contributed by atoms with E-state index in [1.807, 2.05) is 6.20 Å². The standard InChI is InChI=1S/C13H21N3/c1-13(2,3)11-5-4-8-16(10-11)12-9-14-6-7-15-12/h6-7,9,11H,4-5,8,10H2,1-3H3. The molecule has 0 amide bonds. The average Bonchev–Trinajstić information content (AvgIpc) is 2.29. The summed E-state index contributed by atoms with van der Waals surface area (Å²) in [5, 5.41) is 0. The molecule has 0 bridgehead atoms. The molecule has 0 saturated carbocycles. The molecule has 88 valence electrons. The van der Waals surface area contributed by atoms with Crippen molar-refractivity contribution >= 4 is 5.82 Å². The lowest BCUT2D eigenvalue weighted by molar-refractivity contribution is 0.208. The fourth-order valence-corrected chi connectivity index (χ4v) is 2.35. The highest BCUT2D eigenvalue weighted by Gasteiger charge is 2.29. The maximum absolute atomic E-state index is 4.38. The Morgan fingerprint density at radius 2 is 2.12 bits per heavy atom. The number of rotatable bonds is 1. The fraction of sp³-hybridized carbons (Fsp3) is 0.692. The van der Waals surface area contributed by atoms with E-state index in [9.17, 15) is 0 Å². The number of anilines is 1. The van der Waals surface area contributed by atoms with Gasteiger partial charge in [0.05, 0.1) is 6.20 Å². The van der Waals surface area contributed by atoms with Crippen LogP contribution in [-0.4, -0.2) is 23.1 Å². The summed E-state index contributed by atoms with van der Waals surface area (Å²) in [6, 6.07) is 0. The van der Waals surface area contributed by atoms with Crippen LogP contribution >= 0.6 is 0 Å². The van der Waals surface area contributed by atoms with Crippen molar-refractivity contribution in [2.45, 2.75) is 33.6 Å². The molecule has 2 heterocycles. The van der Waals surface area contributed by atoms with Crippen LogP contribution in [0.1, 0.15) is 33.6 Å². The highest BCUT2D eigenvalue weighted by atomic mass is 15.2. The number of aromatic nitrogens is 2. The zero-order valence-corrected chi connectivity index (χ0v) is 10.5. The second-order valence-corrected chi connectivity index (χ2v) is 5.71. The lowest BCUT2D eigenvalue weighted by Crippen LogP contribution is -2.41. The van der Waals surface area contributed by atoms with E-state index in [1.54, 1.807) is 12.4 Å². The first-order valence-corrected chi connectivity index (χ1v) is 6.08. The predicted octanol–water partition coefficient (Wildman–Crippen LogP) is 2.74. The van der Waals surface area contributed by atoms with Gasteiger partial charge < -0.3 is 4.90 Å². The molecule has 0 aliphatic carbocycles. The first-order chi connectivity index (χ1) is 7.57. The number of hydrogen-bond donors (Lipinski definition) is 0. The Balaban J connectivity index is 2.08. The summed E-state index contributed by atoms with van der Waals surface area (Å²) in [6.07, 6.45) is 7.97. The van der Waals surface area contributed by atoms with Gasteiger partial charge >= 0.3 is 0 Å². The molecule has 16 heavy (non-hydrogen) atoms. The first kappa shape index (κ1) is 11.4. The Hall–Kier alpha value is -1.12. The van der Waals surface area contributed by atoms with Crippen molar-refractivity contribution < 1.29 is 0 Å². The van der Waals surface area contributed by atoms with Gasteiger partial charge in [0.2, 0.25) is 0 Å². The third-order valence-electron chi connectivity index (χ3n) is 3.52. The van der Waals surface area contributed by atoms with Gasteiger partial charge in [-0.2, -0.15) is 0 Å². The highest BCUT2D eigenvalue weighted by Crippen LogP contribution is 2.34. The van der Waals surface area contributed by atoms with Crippen LogP contribution in [0.2, 0.25) is 0 Å². The summed E-state index contributed by atoms with van der Waals surface area (Å²) in [6.45, 7) is 9.22. The zero-order valence-electron chi connectivity index (χ0n) is 10.5. The third kappa shape index (κ3) is 2.52. The van der Waals surface area contributed by atoms with Crippen LogP contribution in [0.3, 0.4) is 0 Å². The third-order valence-corrected chi connectivity index (χ3v) is 3.52. The van der Waals surface area contributed by atoms with Gasteiger partial charge in [-0.05, 0) is 24.2 Å². The van der Waals surface area contributed by atoms with Crippen LogP contribution in [0, 0.1) is 11.3 Å². The molecule has 2 rings (SSSR count). The summed E-state index contributed by atoms with van der Waals surface area (Å²) >= 11 is 0. The molecule has 1 aromatic heterocycles. The maximum atomic E-state index is 4.38. The Labute approximate surface area is 97.9 Å². The molecule has 1 unspecified atom stereocenters. The van der Waals surface area contributed by atoms with Crippen LogP contribution in [0.5, 0.6) is 0 Å². The molecule has 0 spiro atoms. The molecule has 1 fully saturated rings. The van der Waals surface area contributed by atoms with Gasteiger partial charge in [0, 0.05) is 25.5 Å². The molecule has 1 aromatic rings. The van der Waals surface area contributed by atoms with Crippen LogP contribution in [0.15, 0.2) is 18.6 Å². The predicted molar refractivity (Wildman–Crippen MR) is 66.4 cm³/mol. The van der Waals surface area contributed by atoms with E-state index in [1.165, 1.54) is 12.8 Å². The van der Waals surface area contributed by atoms with Crippen molar-refractivity contribution in [2.24, 2.45) is 11.3 Å². The topological polar surface area (TPSA) is 29.0 Å². The van der Waals surface area contributed by atoms with E-state index in [4.69, 9.17) is 0 Å². The summed E-state index contributed by atoms with van der Waals surface area (Å²) in [4.78, 5) is 10.9. The van der Waals surface area contributed by atoms with Crippen LogP contribution in [0.25, 0.3) is 0 Å². The minimum atomic E-state index is 0.390. The summed E-state index contributed by atoms with van der Waals surface area (Å²) in [7, 11) is 0. The van der Waals surface area contributed by atoms with Gasteiger partial charge in [-0.25, -0.2) is 4.98 Å². The second-order valence-electron chi connectivity index (χ2n) is 5.71. The van der Waals surface area contributed by atoms with Crippen LogP contribution in [0.4, 0.5) is 5.82 Å². The molecular formula is C13H21N3. The van der Waals surface area contributed by atoms with Crippen LogP contribution < -0.4 is 4.90 Å². The SMILES string of the molecule is CC(C)(C)C1CCCN(c2cnccn2)C1. The van der Waals surface area contributed by atoms with E-state index in [0.717, 1.165) is 24.8 Å². The number of nitrogens with zero attached hydrogens (tertiary/aromatic N) is 3. The van der Waals surface area contributed by atoms with Crippen molar-refractivity contribution in [3.63, 3.8) is 0 Å². The fourth-order valence-electron chi connectivity index (χ4n) is 2.35. The highest BCUT2D eigenvalue weighted by molar-refractivity contribution is 5.35. The molecule has 0 N–H and O–H groups in total. The molecule has 1 atom stereocenters. The monoisotopic (exact) mass is 219 g/mol. The minimum absolute atomic E-state index is 0.390. The smallest absolute Gasteiger partial charge is 0.147 e. The Morgan fingerprint density at radius 3 is 2.75 bits per heavy atom. The molecule has 1 saturated heterocycles. The quantitative estimate of drug-likeness (QED) is 0.727. The summed E-state index contributed by atoms with van der Waals surface area (Å²) in [5.74, 6) is 1.78. The zero-order chi connectivity index (χ0) is 11.6. The maximum Gasteiger partial charge on any atom is 0.147 e. The minimum Gasteiger partial charge on any atom is -0.355 e. The van der Waals surface area contributed by atoms with E-state index in [2.05, 4.69) is 35.6 Å². The first-order valence-electron chi connectivity index (χ1n) is 6.08. The van der Waals surface area contributed by atoms with Gasteiger partial charge in [0.1, 0.15) is 5.82 Å². The van der Waals surface area contributed by atoms with Gasteiger partial charge in [-0.1, -0.05) is 20.8 Å². The largest absolute Gasteiger partial charge is 0.355 e. The van der Waals surface area contributed by atoms with Crippen molar-refractivity contribution in [1.29, 1.82) is 0 Å². The van der Waals surface area contributed by atoms with Gasteiger partial charge in [-0.3, -0.25) is 4.98 Å². The molecule has 3 heteroatoms. The number of hydrogen-bond acceptors (Lipinski definition) is 3. The van der Waals surface area contributed by atoms with Gasteiger partial charge in [-0.15, -0.1) is 0 Å². The Kier molecular flexibility index (Phi) is 3.13. The van der Waals surface area contributed by atoms with Crippen LogP contribution in [-0.2, 0) is 0 Å². The molecular weight excluding hydrogens is 198 g/mol. The van der Waals surface area contributed by atoms with Crippen molar-refractivity contribution in [1.82, 2.24) is 9.97 Å². The van der Waals surface area contributed by atoms with E-state index in [0.29, 0.717) is 5.41 Å². The lowest BCUT2D eigenvalue weighted by Gasteiger charge is -2.40. The summed E-state index contributed by atoms with van der Waals surface area (Å²) < 4.78 is 0. The number of piperidine rings is 1. The molecule has 0 radical (unpaired) electrons. The van der Waals surface area contributed by atoms with Crippen molar-refractivity contribution in [3.05, 3.63) is 18.6 Å². The molecule has 3 nitrogen and oxygen atoms in total.